The first-order valence-corrected chi connectivity index (χ1v) is 11.6. The zero-order valence-corrected chi connectivity index (χ0v) is 17.8. The van der Waals surface area contributed by atoms with Crippen molar-refractivity contribution in [1.29, 1.82) is 0 Å². The fraction of sp³-hybridized carbons (Fsp3) is 0.261. The molecule has 1 heterocycles. The molecule has 0 aliphatic carbocycles. The van der Waals surface area contributed by atoms with Gasteiger partial charge in [-0.15, -0.1) is 0 Å². The molecule has 1 N–H and O–H groups in total. The lowest BCUT2D eigenvalue weighted by molar-refractivity contribution is 0.0730. The molecule has 0 spiro atoms. The minimum atomic E-state index is -3.65. The maximum absolute atomic E-state index is 12.8. The molecule has 1 aliphatic rings. The van der Waals surface area contributed by atoms with Crippen molar-refractivity contribution >= 4 is 26.7 Å². The lowest BCUT2D eigenvalue weighted by Crippen LogP contribution is -2.40. The molecule has 4 rings (SSSR count). The summed E-state index contributed by atoms with van der Waals surface area (Å²) >= 11 is 0. The lowest BCUT2D eigenvalue weighted by atomic mass is 10.1. The van der Waals surface area contributed by atoms with Gasteiger partial charge in [-0.25, -0.2) is 8.42 Å². The Bertz CT molecular complexity index is 1170. The SMILES string of the molecule is O=C(NCCOc1ccc2ccccc2c1)c1cccc(S(=O)(=O)N2CCOCC2)c1. The second kappa shape index (κ2) is 9.47. The predicted octanol–water partition coefficient (Wildman–Crippen LogP) is 2.67. The van der Waals surface area contributed by atoms with Gasteiger partial charge in [-0.3, -0.25) is 4.79 Å². The Labute approximate surface area is 181 Å². The lowest BCUT2D eigenvalue weighted by Gasteiger charge is -2.26. The van der Waals surface area contributed by atoms with Crippen LogP contribution < -0.4 is 10.1 Å². The van der Waals surface area contributed by atoms with Gasteiger partial charge < -0.3 is 14.8 Å². The smallest absolute Gasteiger partial charge is 0.251 e. The first kappa shape index (κ1) is 21.3. The summed E-state index contributed by atoms with van der Waals surface area (Å²) in [6.45, 7) is 1.96. The molecular formula is C23H24N2O5S. The van der Waals surface area contributed by atoms with E-state index in [1.165, 1.54) is 16.4 Å². The van der Waals surface area contributed by atoms with Crippen molar-refractivity contribution in [3.8, 4) is 5.75 Å². The number of hydrogen-bond acceptors (Lipinski definition) is 5. The third kappa shape index (κ3) is 5.04. The molecule has 1 aliphatic heterocycles. The summed E-state index contributed by atoms with van der Waals surface area (Å²) in [5.74, 6) is 0.382. The van der Waals surface area contributed by atoms with E-state index in [0.717, 1.165) is 16.5 Å². The molecule has 7 nitrogen and oxygen atoms in total. The Morgan fingerprint density at radius 1 is 0.968 bits per heavy atom. The van der Waals surface area contributed by atoms with Gasteiger partial charge in [0, 0.05) is 18.7 Å². The number of carbonyl (C=O) groups excluding carboxylic acids is 1. The summed E-state index contributed by atoms with van der Waals surface area (Å²) in [7, 11) is -3.65. The third-order valence-electron chi connectivity index (χ3n) is 5.08. The van der Waals surface area contributed by atoms with Crippen LogP contribution in [0.15, 0.2) is 71.6 Å². The number of carbonyl (C=O) groups is 1. The van der Waals surface area contributed by atoms with Crippen LogP contribution in [0.5, 0.6) is 5.75 Å². The quantitative estimate of drug-likeness (QED) is 0.571. The standard InChI is InChI=1S/C23H24N2O5S/c26-23(24-10-13-30-21-9-8-18-4-1-2-5-19(18)16-21)20-6-3-7-22(17-20)31(27,28)25-11-14-29-15-12-25/h1-9,16-17H,10-15H2,(H,24,26). The van der Waals surface area contributed by atoms with Crippen molar-refractivity contribution in [1.82, 2.24) is 9.62 Å². The highest BCUT2D eigenvalue weighted by Crippen LogP contribution is 2.21. The highest BCUT2D eigenvalue weighted by atomic mass is 32.2. The van der Waals surface area contributed by atoms with Crippen LogP contribution in [0.25, 0.3) is 10.8 Å². The summed E-state index contributed by atoms with van der Waals surface area (Å²) in [6.07, 6.45) is 0. The Balaban J connectivity index is 1.33. The van der Waals surface area contributed by atoms with Gasteiger partial charge in [-0.2, -0.15) is 4.31 Å². The topological polar surface area (TPSA) is 84.9 Å². The van der Waals surface area contributed by atoms with Gasteiger partial charge >= 0.3 is 0 Å². The van der Waals surface area contributed by atoms with E-state index in [9.17, 15) is 13.2 Å². The molecule has 31 heavy (non-hydrogen) atoms. The van der Waals surface area contributed by atoms with E-state index in [0.29, 0.717) is 45.0 Å². The molecular weight excluding hydrogens is 416 g/mol. The van der Waals surface area contributed by atoms with Crippen molar-refractivity contribution in [2.24, 2.45) is 0 Å². The van der Waals surface area contributed by atoms with E-state index >= 15 is 0 Å². The molecule has 3 aromatic rings. The van der Waals surface area contributed by atoms with Crippen LogP contribution >= 0.6 is 0 Å². The molecule has 8 heteroatoms. The number of benzene rings is 3. The van der Waals surface area contributed by atoms with Gasteiger partial charge in [0.2, 0.25) is 10.0 Å². The number of rotatable bonds is 7. The van der Waals surface area contributed by atoms with Crippen LogP contribution in [0.1, 0.15) is 10.4 Å². The summed E-state index contributed by atoms with van der Waals surface area (Å²) in [5, 5.41) is 4.99. The van der Waals surface area contributed by atoms with Crippen LogP contribution in [0.4, 0.5) is 0 Å². The van der Waals surface area contributed by atoms with E-state index in [4.69, 9.17) is 9.47 Å². The number of nitrogens with zero attached hydrogens (tertiary/aromatic N) is 1. The van der Waals surface area contributed by atoms with E-state index in [1.807, 2.05) is 42.5 Å². The fourth-order valence-electron chi connectivity index (χ4n) is 3.43. The van der Waals surface area contributed by atoms with Crippen LogP contribution in [0.2, 0.25) is 0 Å². The zero-order chi connectivity index (χ0) is 21.7. The molecule has 0 aromatic heterocycles. The molecule has 0 bridgehead atoms. The van der Waals surface area contributed by atoms with Crippen LogP contribution in [0, 0.1) is 0 Å². The molecule has 3 aromatic carbocycles. The van der Waals surface area contributed by atoms with Crippen LogP contribution in [0.3, 0.4) is 0 Å². The van der Waals surface area contributed by atoms with Gasteiger partial charge in [-0.05, 0) is 41.1 Å². The molecule has 0 atom stereocenters. The maximum atomic E-state index is 12.8. The Morgan fingerprint density at radius 2 is 1.74 bits per heavy atom. The number of hydrogen-bond donors (Lipinski definition) is 1. The monoisotopic (exact) mass is 440 g/mol. The Morgan fingerprint density at radius 3 is 2.55 bits per heavy atom. The van der Waals surface area contributed by atoms with Crippen molar-refractivity contribution in [3.05, 3.63) is 72.3 Å². The second-order valence-electron chi connectivity index (χ2n) is 7.16. The number of fused-ring (bicyclic) bond motifs is 1. The highest BCUT2D eigenvalue weighted by molar-refractivity contribution is 7.89. The number of ether oxygens (including phenoxy) is 2. The highest BCUT2D eigenvalue weighted by Gasteiger charge is 2.26. The van der Waals surface area contributed by atoms with Gasteiger partial charge in [0.1, 0.15) is 12.4 Å². The van der Waals surface area contributed by atoms with Crippen molar-refractivity contribution < 1.29 is 22.7 Å². The molecule has 1 amide bonds. The Kier molecular flexibility index (Phi) is 6.50. The zero-order valence-electron chi connectivity index (χ0n) is 17.0. The van der Waals surface area contributed by atoms with E-state index in [-0.39, 0.29) is 10.8 Å². The van der Waals surface area contributed by atoms with Gasteiger partial charge in [0.15, 0.2) is 0 Å². The first-order valence-electron chi connectivity index (χ1n) is 10.1. The van der Waals surface area contributed by atoms with Crippen molar-refractivity contribution in [2.75, 3.05) is 39.5 Å². The number of morpholine rings is 1. The van der Waals surface area contributed by atoms with Gasteiger partial charge in [0.05, 0.1) is 24.7 Å². The average molecular weight is 441 g/mol. The molecule has 0 unspecified atom stereocenters. The Hall–Kier alpha value is -2.94. The summed E-state index contributed by atoms with van der Waals surface area (Å²) < 4.78 is 37.9. The number of amides is 1. The van der Waals surface area contributed by atoms with E-state index < -0.39 is 10.0 Å². The predicted molar refractivity (Wildman–Crippen MR) is 118 cm³/mol. The number of sulfonamides is 1. The molecule has 0 saturated carbocycles. The molecule has 1 saturated heterocycles. The largest absolute Gasteiger partial charge is 0.492 e. The first-order chi connectivity index (χ1) is 15.0. The number of nitrogens with one attached hydrogen (secondary N) is 1. The average Bonchev–Trinajstić information content (AvgIpc) is 2.82. The molecule has 162 valence electrons. The minimum absolute atomic E-state index is 0.106. The van der Waals surface area contributed by atoms with Crippen molar-refractivity contribution in [3.63, 3.8) is 0 Å². The third-order valence-corrected chi connectivity index (χ3v) is 6.98. The molecule has 0 radical (unpaired) electrons. The minimum Gasteiger partial charge on any atom is -0.492 e. The molecule has 1 fully saturated rings. The normalized spacial score (nSPS) is 15.0. The second-order valence-corrected chi connectivity index (χ2v) is 9.10. The summed E-state index contributed by atoms with van der Waals surface area (Å²) in [4.78, 5) is 12.6. The van der Waals surface area contributed by atoms with Crippen LogP contribution in [-0.4, -0.2) is 58.1 Å². The maximum Gasteiger partial charge on any atom is 0.251 e. The van der Waals surface area contributed by atoms with E-state index in [1.54, 1.807) is 12.1 Å². The van der Waals surface area contributed by atoms with Gasteiger partial charge in [-0.1, -0.05) is 36.4 Å². The van der Waals surface area contributed by atoms with Gasteiger partial charge in [0.25, 0.3) is 5.91 Å². The fourth-order valence-corrected chi connectivity index (χ4v) is 4.88. The summed E-state index contributed by atoms with van der Waals surface area (Å²) in [6, 6.07) is 19.9. The summed E-state index contributed by atoms with van der Waals surface area (Å²) in [5.41, 5.74) is 0.292. The van der Waals surface area contributed by atoms with Crippen LogP contribution in [-0.2, 0) is 14.8 Å². The van der Waals surface area contributed by atoms with Crippen molar-refractivity contribution in [2.45, 2.75) is 4.90 Å². The van der Waals surface area contributed by atoms with E-state index in [2.05, 4.69) is 5.32 Å².